The van der Waals surface area contributed by atoms with Gasteiger partial charge in [-0.2, -0.15) is 0 Å². The summed E-state index contributed by atoms with van der Waals surface area (Å²) < 4.78 is 0. The summed E-state index contributed by atoms with van der Waals surface area (Å²) in [6.07, 6.45) is 4.55. The first-order valence-electron chi connectivity index (χ1n) is 3.26. The van der Waals surface area contributed by atoms with Crippen LogP contribution >= 0.6 is 11.3 Å². The van der Waals surface area contributed by atoms with Crippen molar-refractivity contribution < 1.29 is 4.79 Å². The lowest BCUT2D eigenvalue weighted by Gasteiger charge is -1.84. The molecule has 0 aliphatic heterocycles. The Balaban J connectivity index is 2.68. The van der Waals surface area contributed by atoms with Gasteiger partial charge in [-0.15, -0.1) is 11.3 Å². The molecule has 0 aromatic carbocycles. The fourth-order valence-corrected chi connectivity index (χ4v) is 1.55. The normalized spacial score (nSPS) is 9.70. The van der Waals surface area contributed by atoms with Gasteiger partial charge in [-0.1, -0.05) is 6.92 Å². The van der Waals surface area contributed by atoms with Crippen molar-refractivity contribution in [1.82, 2.24) is 4.98 Å². The van der Waals surface area contributed by atoms with Crippen molar-refractivity contribution in [3.8, 4) is 0 Å². The summed E-state index contributed by atoms with van der Waals surface area (Å²) >= 11 is 1.48. The predicted octanol–water partition coefficient (Wildman–Crippen LogP) is 1.91. The third kappa shape index (κ3) is 1.64. The number of hydrogen-bond donors (Lipinski definition) is 0. The van der Waals surface area contributed by atoms with Gasteiger partial charge in [0.2, 0.25) is 0 Å². The van der Waals surface area contributed by atoms with Gasteiger partial charge in [0.25, 0.3) is 0 Å². The summed E-state index contributed by atoms with van der Waals surface area (Å²) in [5.74, 6) is 0. The predicted molar refractivity (Wildman–Crippen MR) is 41.5 cm³/mol. The Hall–Kier alpha value is -0.700. The van der Waals surface area contributed by atoms with Gasteiger partial charge in [0.1, 0.15) is 0 Å². The molecule has 1 heterocycles. The number of nitrogens with zero attached hydrogens (tertiary/aromatic N) is 1. The zero-order valence-electron chi connectivity index (χ0n) is 5.83. The molecular weight excluding hydrogens is 146 g/mol. The molecule has 10 heavy (non-hydrogen) atoms. The highest BCUT2D eigenvalue weighted by Crippen LogP contribution is 2.11. The summed E-state index contributed by atoms with van der Waals surface area (Å²) in [6.45, 7) is 2.10. The molecule has 2 nitrogen and oxygen atoms in total. The average Bonchev–Trinajstić information content (AvgIpc) is 2.37. The number of aryl methyl sites for hydroxylation is 1. The van der Waals surface area contributed by atoms with Crippen LogP contribution in [0, 0.1) is 0 Å². The van der Waals surface area contributed by atoms with Crippen molar-refractivity contribution in [3.63, 3.8) is 0 Å². The highest BCUT2D eigenvalue weighted by molar-refractivity contribution is 7.13. The Kier molecular flexibility index (Phi) is 2.57. The Bertz CT molecular complexity index is 219. The van der Waals surface area contributed by atoms with Gasteiger partial charge in [0.15, 0.2) is 6.29 Å². The second-order valence-corrected chi connectivity index (χ2v) is 3.17. The molecule has 1 aromatic heterocycles. The van der Waals surface area contributed by atoms with E-state index in [0.717, 1.165) is 29.0 Å². The Labute approximate surface area is 63.9 Å². The molecule has 0 amide bonds. The van der Waals surface area contributed by atoms with Gasteiger partial charge in [-0.05, 0) is 12.8 Å². The maximum Gasteiger partial charge on any atom is 0.161 e. The molecule has 0 N–H and O–H groups in total. The number of carbonyl (C=O) groups is 1. The van der Waals surface area contributed by atoms with E-state index in [0.29, 0.717) is 0 Å². The van der Waals surface area contributed by atoms with E-state index >= 15 is 0 Å². The minimum absolute atomic E-state index is 0.725. The molecule has 0 atom stereocenters. The van der Waals surface area contributed by atoms with Crippen LogP contribution in [0.15, 0.2) is 6.20 Å². The summed E-state index contributed by atoms with van der Waals surface area (Å²) in [7, 11) is 0. The highest BCUT2D eigenvalue weighted by atomic mass is 32.1. The minimum Gasteiger partial charge on any atom is -0.297 e. The number of aldehydes is 1. The van der Waals surface area contributed by atoms with Crippen LogP contribution in [-0.4, -0.2) is 11.3 Å². The van der Waals surface area contributed by atoms with E-state index in [2.05, 4.69) is 11.9 Å². The molecule has 0 bridgehead atoms. The van der Waals surface area contributed by atoms with Crippen LogP contribution in [0.4, 0.5) is 0 Å². The molecule has 1 aromatic rings. The van der Waals surface area contributed by atoms with Crippen LogP contribution < -0.4 is 0 Å². The first-order valence-corrected chi connectivity index (χ1v) is 4.08. The topological polar surface area (TPSA) is 30.0 Å². The second kappa shape index (κ2) is 3.46. The monoisotopic (exact) mass is 155 g/mol. The molecule has 0 aliphatic carbocycles. The van der Waals surface area contributed by atoms with Gasteiger partial charge >= 0.3 is 0 Å². The lowest BCUT2D eigenvalue weighted by Crippen LogP contribution is -1.76. The van der Waals surface area contributed by atoms with Crippen molar-refractivity contribution in [2.75, 3.05) is 0 Å². The molecule has 3 heteroatoms. The van der Waals surface area contributed by atoms with Gasteiger partial charge < -0.3 is 0 Å². The number of thiazole rings is 1. The lowest BCUT2D eigenvalue weighted by atomic mass is 10.4. The first kappa shape index (κ1) is 7.41. The summed E-state index contributed by atoms with van der Waals surface area (Å²) in [5, 5.41) is 1.06. The van der Waals surface area contributed by atoms with Crippen LogP contribution in [0.25, 0.3) is 0 Å². The zero-order chi connectivity index (χ0) is 7.40. The summed E-state index contributed by atoms with van der Waals surface area (Å²) in [6, 6.07) is 0. The molecule has 0 saturated heterocycles. The smallest absolute Gasteiger partial charge is 0.161 e. The van der Waals surface area contributed by atoms with Gasteiger partial charge in [0, 0.05) is 6.20 Å². The van der Waals surface area contributed by atoms with Crippen LogP contribution in [0.1, 0.15) is 28.0 Å². The van der Waals surface area contributed by atoms with Crippen molar-refractivity contribution >= 4 is 17.6 Å². The SMILES string of the molecule is CCCc1ncc(C=O)s1. The molecule has 0 saturated carbocycles. The molecule has 0 aliphatic rings. The highest BCUT2D eigenvalue weighted by Gasteiger charge is 1.97. The largest absolute Gasteiger partial charge is 0.297 e. The molecule has 1 rings (SSSR count). The third-order valence-electron chi connectivity index (χ3n) is 1.15. The Morgan fingerprint density at radius 3 is 3.10 bits per heavy atom. The standard InChI is InChI=1S/C7H9NOS/c1-2-3-7-8-4-6(5-9)10-7/h4-5H,2-3H2,1H3. The van der Waals surface area contributed by atoms with Gasteiger partial charge in [-0.3, -0.25) is 4.79 Å². The minimum atomic E-state index is 0.725. The van der Waals surface area contributed by atoms with E-state index in [9.17, 15) is 4.79 Å². The Morgan fingerprint density at radius 1 is 1.80 bits per heavy atom. The fraction of sp³-hybridized carbons (Fsp3) is 0.429. The van der Waals surface area contributed by atoms with Crippen LogP contribution in [0.5, 0.6) is 0 Å². The van der Waals surface area contributed by atoms with E-state index in [-0.39, 0.29) is 0 Å². The van der Waals surface area contributed by atoms with Gasteiger partial charge in [-0.25, -0.2) is 4.98 Å². The van der Waals surface area contributed by atoms with Crippen molar-refractivity contribution in [1.29, 1.82) is 0 Å². The molecule has 0 radical (unpaired) electrons. The maximum atomic E-state index is 10.2. The third-order valence-corrected chi connectivity index (χ3v) is 2.13. The zero-order valence-corrected chi connectivity index (χ0v) is 6.65. The number of rotatable bonds is 3. The van der Waals surface area contributed by atoms with E-state index in [1.54, 1.807) is 6.20 Å². The number of aromatic nitrogens is 1. The summed E-state index contributed by atoms with van der Waals surface area (Å²) in [5.41, 5.74) is 0. The van der Waals surface area contributed by atoms with E-state index in [1.807, 2.05) is 0 Å². The second-order valence-electron chi connectivity index (χ2n) is 2.02. The first-order chi connectivity index (χ1) is 4.86. The lowest BCUT2D eigenvalue weighted by molar-refractivity contribution is 0.112. The Morgan fingerprint density at radius 2 is 2.60 bits per heavy atom. The molecule has 54 valence electrons. The van der Waals surface area contributed by atoms with Crippen molar-refractivity contribution in [3.05, 3.63) is 16.1 Å². The van der Waals surface area contributed by atoms with E-state index in [4.69, 9.17) is 0 Å². The maximum absolute atomic E-state index is 10.2. The van der Waals surface area contributed by atoms with Crippen molar-refractivity contribution in [2.24, 2.45) is 0 Å². The molecule has 0 fully saturated rings. The molecule has 0 unspecified atom stereocenters. The van der Waals surface area contributed by atoms with Crippen LogP contribution in [0.3, 0.4) is 0 Å². The quantitative estimate of drug-likeness (QED) is 0.624. The van der Waals surface area contributed by atoms with Crippen LogP contribution in [-0.2, 0) is 6.42 Å². The molecular formula is C7H9NOS. The van der Waals surface area contributed by atoms with Gasteiger partial charge in [0.05, 0.1) is 9.88 Å². The number of carbonyl (C=O) groups excluding carboxylic acids is 1. The average molecular weight is 155 g/mol. The van der Waals surface area contributed by atoms with E-state index in [1.165, 1.54) is 11.3 Å². The summed E-state index contributed by atoms with van der Waals surface area (Å²) in [4.78, 5) is 15.0. The van der Waals surface area contributed by atoms with Crippen LogP contribution in [0.2, 0.25) is 0 Å². The fourth-order valence-electron chi connectivity index (χ4n) is 0.708. The number of hydrogen-bond acceptors (Lipinski definition) is 3. The van der Waals surface area contributed by atoms with E-state index < -0.39 is 0 Å². The van der Waals surface area contributed by atoms with Crippen molar-refractivity contribution in [2.45, 2.75) is 19.8 Å². The molecule has 0 spiro atoms.